The minimum absolute atomic E-state index is 0.119. The Labute approximate surface area is 177 Å². The second-order valence-electron chi connectivity index (χ2n) is 6.19. The highest BCUT2D eigenvalue weighted by atomic mass is 79.9. The predicted molar refractivity (Wildman–Crippen MR) is 109 cm³/mol. The first-order valence-electron chi connectivity index (χ1n) is 8.70. The first kappa shape index (κ1) is 21.3. The number of anilines is 1. The summed E-state index contributed by atoms with van der Waals surface area (Å²) in [6.07, 6.45) is 0. The van der Waals surface area contributed by atoms with E-state index in [9.17, 15) is 18.0 Å². The molecule has 3 rings (SSSR count). The number of sulfonamides is 1. The van der Waals surface area contributed by atoms with Gasteiger partial charge in [-0.05, 0) is 30.3 Å². The second-order valence-corrected chi connectivity index (χ2v) is 8.75. The van der Waals surface area contributed by atoms with Gasteiger partial charge < -0.3 is 14.4 Å². The Bertz CT molecular complexity index is 1030. The number of amides is 1. The van der Waals surface area contributed by atoms with Crippen LogP contribution in [0.4, 0.5) is 5.69 Å². The van der Waals surface area contributed by atoms with Crippen LogP contribution in [0.5, 0.6) is 0 Å². The van der Waals surface area contributed by atoms with Gasteiger partial charge in [-0.3, -0.25) is 9.52 Å². The lowest BCUT2D eigenvalue weighted by Crippen LogP contribution is -2.41. The van der Waals surface area contributed by atoms with E-state index in [4.69, 9.17) is 9.47 Å². The van der Waals surface area contributed by atoms with Gasteiger partial charge in [0.05, 0.1) is 37.1 Å². The zero-order valence-corrected chi connectivity index (χ0v) is 18.0. The van der Waals surface area contributed by atoms with Crippen molar-refractivity contribution in [2.45, 2.75) is 4.90 Å². The van der Waals surface area contributed by atoms with E-state index in [2.05, 4.69) is 20.7 Å². The first-order valence-corrected chi connectivity index (χ1v) is 11.0. The highest BCUT2D eigenvalue weighted by Crippen LogP contribution is 2.26. The van der Waals surface area contributed by atoms with Crippen molar-refractivity contribution < 1.29 is 27.5 Å². The van der Waals surface area contributed by atoms with Gasteiger partial charge in [-0.2, -0.15) is 0 Å². The first-order chi connectivity index (χ1) is 13.8. The number of rotatable bonds is 5. The van der Waals surface area contributed by atoms with Gasteiger partial charge in [0.2, 0.25) is 0 Å². The van der Waals surface area contributed by atoms with E-state index in [0.717, 1.165) is 0 Å². The van der Waals surface area contributed by atoms with E-state index in [1.807, 2.05) is 0 Å². The number of hydrogen-bond acceptors (Lipinski definition) is 6. The molecule has 10 heteroatoms. The lowest BCUT2D eigenvalue weighted by molar-refractivity contribution is 0.0303. The minimum atomic E-state index is -4.17. The van der Waals surface area contributed by atoms with Crippen LogP contribution in [-0.4, -0.2) is 58.6 Å². The summed E-state index contributed by atoms with van der Waals surface area (Å²) in [5.41, 5.74) is 0.226. The fraction of sp³-hybridized carbons (Fsp3) is 0.263. The van der Waals surface area contributed by atoms with Crippen LogP contribution in [-0.2, 0) is 19.5 Å². The Morgan fingerprint density at radius 1 is 1.10 bits per heavy atom. The SMILES string of the molecule is COC(=O)c1cc(Br)ccc1S(=O)(=O)Nc1ccccc1C(=O)N1CCOCC1. The van der Waals surface area contributed by atoms with Crippen LogP contribution in [0.2, 0.25) is 0 Å². The molecule has 1 fully saturated rings. The monoisotopic (exact) mass is 482 g/mol. The van der Waals surface area contributed by atoms with Crippen LogP contribution in [0.25, 0.3) is 0 Å². The average Bonchev–Trinajstić information content (AvgIpc) is 2.73. The van der Waals surface area contributed by atoms with Crippen LogP contribution >= 0.6 is 15.9 Å². The smallest absolute Gasteiger partial charge is 0.339 e. The molecule has 1 amide bonds. The summed E-state index contributed by atoms with van der Waals surface area (Å²) in [4.78, 5) is 26.3. The van der Waals surface area contributed by atoms with E-state index in [-0.39, 0.29) is 27.6 Å². The normalized spacial score (nSPS) is 14.3. The van der Waals surface area contributed by atoms with E-state index in [0.29, 0.717) is 30.8 Å². The number of ether oxygens (including phenoxy) is 2. The number of halogens is 1. The zero-order valence-electron chi connectivity index (χ0n) is 15.6. The number of carbonyl (C=O) groups is 2. The third-order valence-corrected chi connectivity index (χ3v) is 6.25. The van der Waals surface area contributed by atoms with Crippen LogP contribution < -0.4 is 4.72 Å². The number of esters is 1. The minimum Gasteiger partial charge on any atom is -0.465 e. The summed E-state index contributed by atoms with van der Waals surface area (Å²) in [7, 11) is -3.00. The van der Waals surface area contributed by atoms with Gasteiger partial charge in [0.1, 0.15) is 4.90 Å². The van der Waals surface area contributed by atoms with Crippen molar-refractivity contribution in [3.8, 4) is 0 Å². The Hall–Kier alpha value is -2.43. The molecule has 0 aromatic heterocycles. The maximum atomic E-state index is 13.0. The molecule has 1 aliphatic heterocycles. The van der Waals surface area contributed by atoms with Gasteiger partial charge in [0, 0.05) is 17.6 Å². The highest BCUT2D eigenvalue weighted by Gasteiger charge is 2.26. The van der Waals surface area contributed by atoms with Crippen molar-refractivity contribution >= 4 is 43.5 Å². The number of benzene rings is 2. The van der Waals surface area contributed by atoms with Gasteiger partial charge in [-0.15, -0.1) is 0 Å². The summed E-state index contributed by atoms with van der Waals surface area (Å²) in [5, 5.41) is 0. The number of methoxy groups -OCH3 is 1. The summed E-state index contributed by atoms with van der Waals surface area (Å²) >= 11 is 3.22. The van der Waals surface area contributed by atoms with Crippen LogP contribution in [0.3, 0.4) is 0 Å². The van der Waals surface area contributed by atoms with Gasteiger partial charge in [-0.1, -0.05) is 28.1 Å². The second kappa shape index (κ2) is 8.93. The molecule has 0 radical (unpaired) electrons. The zero-order chi connectivity index (χ0) is 21.0. The van der Waals surface area contributed by atoms with Crippen molar-refractivity contribution in [1.82, 2.24) is 4.90 Å². The van der Waals surface area contributed by atoms with Crippen LogP contribution in [0.15, 0.2) is 51.8 Å². The molecule has 0 saturated carbocycles. The van der Waals surface area contributed by atoms with E-state index >= 15 is 0 Å². The lowest BCUT2D eigenvalue weighted by atomic mass is 10.1. The fourth-order valence-electron chi connectivity index (χ4n) is 2.90. The molecule has 0 aliphatic carbocycles. The van der Waals surface area contributed by atoms with Gasteiger partial charge >= 0.3 is 5.97 Å². The summed E-state index contributed by atoms with van der Waals surface area (Å²) in [5.74, 6) is -1.08. The quantitative estimate of drug-likeness (QED) is 0.656. The number of nitrogens with one attached hydrogen (secondary N) is 1. The van der Waals surface area contributed by atoms with E-state index < -0.39 is 16.0 Å². The molecule has 154 valence electrons. The molecule has 29 heavy (non-hydrogen) atoms. The number of morpholine rings is 1. The summed E-state index contributed by atoms with van der Waals surface area (Å²) in [6.45, 7) is 1.72. The van der Waals surface area contributed by atoms with E-state index in [1.165, 1.54) is 31.4 Å². The average molecular weight is 483 g/mol. The maximum Gasteiger partial charge on any atom is 0.339 e. The Morgan fingerprint density at radius 2 is 1.79 bits per heavy atom. The fourth-order valence-corrected chi connectivity index (χ4v) is 4.52. The molecular formula is C19H19BrN2O6S. The molecule has 2 aromatic rings. The molecule has 0 unspecified atom stereocenters. The number of hydrogen-bond donors (Lipinski definition) is 1. The number of carbonyl (C=O) groups excluding carboxylic acids is 2. The Kier molecular flexibility index (Phi) is 6.56. The molecule has 1 N–H and O–H groups in total. The van der Waals surface area contributed by atoms with Crippen molar-refractivity contribution in [1.29, 1.82) is 0 Å². The highest BCUT2D eigenvalue weighted by molar-refractivity contribution is 9.10. The molecule has 1 aliphatic rings. The number of para-hydroxylation sites is 1. The van der Waals surface area contributed by atoms with Crippen LogP contribution in [0, 0.1) is 0 Å². The molecule has 1 saturated heterocycles. The molecule has 0 atom stereocenters. The Morgan fingerprint density at radius 3 is 2.48 bits per heavy atom. The molecule has 1 heterocycles. The van der Waals surface area contributed by atoms with Gasteiger partial charge in [0.15, 0.2) is 0 Å². The topological polar surface area (TPSA) is 102 Å². The molecule has 0 spiro atoms. The Balaban J connectivity index is 1.96. The molecule has 0 bridgehead atoms. The van der Waals surface area contributed by atoms with Gasteiger partial charge in [0.25, 0.3) is 15.9 Å². The summed E-state index contributed by atoms with van der Waals surface area (Å²) in [6, 6.07) is 10.5. The third-order valence-electron chi connectivity index (χ3n) is 4.34. The lowest BCUT2D eigenvalue weighted by Gasteiger charge is -2.27. The van der Waals surface area contributed by atoms with Crippen molar-refractivity contribution in [3.05, 3.63) is 58.1 Å². The van der Waals surface area contributed by atoms with Crippen molar-refractivity contribution in [3.63, 3.8) is 0 Å². The van der Waals surface area contributed by atoms with E-state index in [1.54, 1.807) is 23.1 Å². The molecule has 8 nitrogen and oxygen atoms in total. The summed E-state index contributed by atoms with van der Waals surface area (Å²) < 4.78 is 39.0. The molecular weight excluding hydrogens is 464 g/mol. The van der Waals surface area contributed by atoms with Gasteiger partial charge in [-0.25, -0.2) is 13.2 Å². The van der Waals surface area contributed by atoms with Crippen molar-refractivity contribution in [2.24, 2.45) is 0 Å². The van der Waals surface area contributed by atoms with Crippen molar-refractivity contribution in [2.75, 3.05) is 38.1 Å². The maximum absolute atomic E-state index is 13.0. The van der Waals surface area contributed by atoms with Crippen LogP contribution in [0.1, 0.15) is 20.7 Å². The predicted octanol–water partition coefficient (Wildman–Crippen LogP) is 2.51. The molecule has 2 aromatic carbocycles. The third kappa shape index (κ3) is 4.77. The number of nitrogens with zero attached hydrogens (tertiary/aromatic N) is 1. The largest absolute Gasteiger partial charge is 0.465 e. The standard InChI is InChI=1S/C19H19BrN2O6S/c1-27-19(24)15-12-13(20)6-7-17(15)29(25,26)21-16-5-3-2-4-14(16)18(23)22-8-10-28-11-9-22/h2-7,12,21H,8-11H2,1H3.